The Morgan fingerprint density at radius 3 is 2.86 bits per heavy atom. The maximum absolute atomic E-state index is 11.8. The average Bonchev–Trinajstić information content (AvgIpc) is 3.16. The second-order valence-electron chi connectivity index (χ2n) is 5.62. The van der Waals surface area contributed by atoms with Gasteiger partial charge in [-0.05, 0) is 48.9 Å². The van der Waals surface area contributed by atoms with Crippen molar-refractivity contribution < 1.29 is 9.53 Å². The summed E-state index contributed by atoms with van der Waals surface area (Å²) in [6, 6.07) is 3.69. The van der Waals surface area contributed by atoms with Gasteiger partial charge in [-0.25, -0.2) is 4.79 Å². The Labute approximate surface area is 123 Å². The van der Waals surface area contributed by atoms with Crippen LogP contribution in [-0.2, 0) is 11.3 Å². The number of nitrogen functional groups attached to an aromatic ring is 1. The zero-order valence-corrected chi connectivity index (χ0v) is 12.3. The van der Waals surface area contributed by atoms with Gasteiger partial charge >= 0.3 is 5.97 Å². The van der Waals surface area contributed by atoms with Gasteiger partial charge in [-0.3, -0.25) is 4.68 Å². The molecule has 1 aromatic heterocycles. The topological polar surface area (TPSA) is 70.1 Å². The molecule has 0 bridgehead atoms. The van der Waals surface area contributed by atoms with Crippen molar-refractivity contribution in [3.05, 3.63) is 35.7 Å². The lowest BCUT2D eigenvalue weighted by molar-refractivity contribution is 0.0600. The fourth-order valence-electron chi connectivity index (χ4n) is 2.40. The number of hydrogen-bond acceptors (Lipinski definition) is 4. The molecule has 0 atom stereocenters. The van der Waals surface area contributed by atoms with Crippen molar-refractivity contribution in [1.82, 2.24) is 9.78 Å². The van der Waals surface area contributed by atoms with E-state index in [1.165, 1.54) is 20.0 Å². The lowest BCUT2D eigenvalue weighted by atomic mass is 10.00. The normalized spacial score (nSPS) is 14.2. The van der Waals surface area contributed by atoms with Gasteiger partial charge in [-0.15, -0.1) is 0 Å². The average molecular weight is 285 g/mol. The van der Waals surface area contributed by atoms with Gasteiger partial charge in [0.25, 0.3) is 0 Å². The Hall–Kier alpha value is -2.30. The number of esters is 1. The molecule has 1 fully saturated rings. The number of rotatable bonds is 4. The van der Waals surface area contributed by atoms with Gasteiger partial charge in [0.05, 0.1) is 18.9 Å². The minimum atomic E-state index is -0.369. The van der Waals surface area contributed by atoms with E-state index in [2.05, 4.69) is 5.10 Å². The second kappa shape index (κ2) is 5.24. The number of anilines is 1. The molecule has 1 aliphatic carbocycles. The molecule has 110 valence electrons. The minimum absolute atomic E-state index is 0.369. The summed E-state index contributed by atoms with van der Waals surface area (Å²) in [5.74, 6) is 0.401. The largest absolute Gasteiger partial charge is 0.465 e. The maximum atomic E-state index is 11.8. The highest BCUT2D eigenvalue weighted by Gasteiger charge is 2.22. The minimum Gasteiger partial charge on any atom is -0.465 e. The van der Waals surface area contributed by atoms with Gasteiger partial charge in [-0.1, -0.05) is 0 Å². The van der Waals surface area contributed by atoms with Crippen molar-refractivity contribution in [3.63, 3.8) is 0 Å². The summed E-state index contributed by atoms with van der Waals surface area (Å²) >= 11 is 0. The number of nitrogens with zero attached hydrogens (tertiary/aromatic N) is 2. The van der Waals surface area contributed by atoms with Crippen molar-refractivity contribution in [1.29, 1.82) is 0 Å². The highest BCUT2D eigenvalue weighted by molar-refractivity contribution is 5.94. The lowest BCUT2D eigenvalue weighted by Gasteiger charge is -2.09. The predicted molar refractivity (Wildman–Crippen MR) is 80.9 cm³/mol. The molecule has 21 heavy (non-hydrogen) atoms. The molecular weight excluding hydrogens is 266 g/mol. The van der Waals surface area contributed by atoms with E-state index in [1.807, 2.05) is 36.1 Å². The number of carbonyl (C=O) groups excluding carboxylic acids is 1. The first-order valence-electron chi connectivity index (χ1n) is 7.09. The molecule has 5 heteroatoms. The van der Waals surface area contributed by atoms with Gasteiger partial charge in [0.15, 0.2) is 0 Å². The molecule has 0 aliphatic heterocycles. The Balaban J connectivity index is 1.95. The third kappa shape index (κ3) is 2.77. The van der Waals surface area contributed by atoms with Crippen LogP contribution in [0.1, 0.15) is 28.8 Å². The number of hydrogen-bond donors (Lipinski definition) is 1. The molecule has 0 radical (unpaired) electrons. The first-order chi connectivity index (χ1) is 10.1. The number of benzene rings is 1. The van der Waals surface area contributed by atoms with E-state index in [4.69, 9.17) is 10.5 Å². The molecular formula is C16H19N3O2. The van der Waals surface area contributed by atoms with Crippen LogP contribution < -0.4 is 5.73 Å². The second-order valence-corrected chi connectivity index (χ2v) is 5.62. The number of nitrogens with two attached hydrogens (primary N) is 1. The van der Waals surface area contributed by atoms with E-state index in [0.717, 1.165) is 29.2 Å². The quantitative estimate of drug-likeness (QED) is 0.692. The fourth-order valence-corrected chi connectivity index (χ4v) is 2.40. The maximum Gasteiger partial charge on any atom is 0.338 e. The molecule has 2 N–H and O–H groups in total. The van der Waals surface area contributed by atoms with Crippen molar-refractivity contribution in [2.45, 2.75) is 26.3 Å². The van der Waals surface area contributed by atoms with E-state index >= 15 is 0 Å². The third-order valence-electron chi connectivity index (χ3n) is 3.96. The Kier molecular flexibility index (Phi) is 3.41. The molecule has 1 heterocycles. The molecule has 1 aromatic carbocycles. The van der Waals surface area contributed by atoms with Gasteiger partial charge in [0, 0.05) is 24.0 Å². The molecule has 1 saturated carbocycles. The molecule has 0 amide bonds. The van der Waals surface area contributed by atoms with Crippen molar-refractivity contribution in [3.8, 4) is 11.1 Å². The summed E-state index contributed by atoms with van der Waals surface area (Å²) in [6.45, 7) is 2.78. The van der Waals surface area contributed by atoms with Crippen LogP contribution in [0.5, 0.6) is 0 Å². The molecule has 0 saturated heterocycles. The van der Waals surface area contributed by atoms with E-state index in [0.29, 0.717) is 11.3 Å². The highest BCUT2D eigenvalue weighted by atomic mass is 16.5. The summed E-state index contributed by atoms with van der Waals surface area (Å²) in [4.78, 5) is 11.8. The van der Waals surface area contributed by atoms with Crippen LogP contribution in [0.25, 0.3) is 11.1 Å². The molecule has 3 rings (SSSR count). The van der Waals surface area contributed by atoms with Crippen LogP contribution in [0, 0.1) is 12.8 Å². The number of methoxy groups -OCH3 is 1. The lowest BCUT2D eigenvalue weighted by Crippen LogP contribution is -2.06. The molecule has 2 aromatic rings. The monoisotopic (exact) mass is 285 g/mol. The zero-order valence-electron chi connectivity index (χ0n) is 12.3. The van der Waals surface area contributed by atoms with E-state index in [9.17, 15) is 4.79 Å². The number of ether oxygens (including phenoxy) is 1. The van der Waals surface area contributed by atoms with Crippen LogP contribution in [0.3, 0.4) is 0 Å². The molecule has 0 spiro atoms. The smallest absolute Gasteiger partial charge is 0.338 e. The van der Waals surface area contributed by atoms with Gasteiger partial charge < -0.3 is 10.5 Å². The van der Waals surface area contributed by atoms with Crippen molar-refractivity contribution in [2.75, 3.05) is 12.8 Å². The summed E-state index contributed by atoms with van der Waals surface area (Å²) in [5, 5.41) is 4.38. The summed E-state index contributed by atoms with van der Waals surface area (Å²) in [5.41, 5.74) is 9.70. The Bertz CT molecular complexity index is 687. The van der Waals surface area contributed by atoms with Crippen LogP contribution in [0.4, 0.5) is 5.69 Å². The summed E-state index contributed by atoms with van der Waals surface area (Å²) < 4.78 is 6.77. The molecule has 5 nitrogen and oxygen atoms in total. The predicted octanol–water partition coefficient (Wildman–Crippen LogP) is 2.64. The van der Waals surface area contributed by atoms with Gasteiger partial charge in [0.1, 0.15) is 0 Å². The standard InChI is InChI=1S/C16H19N3O2/c1-10-14(16(20)21-2)5-12(6-15(10)17)13-7-18-19(9-13)8-11-3-4-11/h5-7,9,11H,3-4,8,17H2,1-2H3. The number of carbonyl (C=O) groups is 1. The summed E-state index contributed by atoms with van der Waals surface area (Å²) in [7, 11) is 1.37. The molecule has 0 unspecified atom stereocenters. The summed E-state index contributed by atoms with van der Waals surface area (Å²) in [6.07, 6.45) is 6.40. The van der Waals surface area contributed by atoms with Gasteiger partial charge in [-0.2, -0.15) is 5.10 Å². The van der Waals surface area contributed by atoms with Crippen LogP contribution in [0.2, 0.25) is 0 Å². The van der Waals surface area contributed by atoms with E-state index < -0.39 is 0 Å². The highest BCUT2D eigenvalue weighted by Crippen LogP contribution is 2.31. The Morgan fingerprint density at radius 1 is 1.43 bits per heavy atom. The zero-order chi connectivity index (χ0) is 15.0. The van der Waals surface area contributed by atoms with Crippen LogP contribution >= 0.6 is 0 Å². The SMILES string of the molecule is COC(=O)c1cc(-c2cnn(CC3CC3)c2)cc(N)c1C. The van der Waals surface area contributed by atoms with Gasteiger partial charge in [0.2, 0.25) is 0 Å². The van der Waals surface area contributed by atoms with E-state index in [1.54, 1.807) is 0 Å². The van der Waals surface area contributed by atoms with Crippen molar-refractivity contribution in [2.24, 2.45) is 5.92 Å². The number of aromatic nitrogens is 2. The first kappa shape index (κ1) is 13.7. The Morgan fingerprint density at radius 2 is 2.19 bits per heavy atom. The third-order valence-corrected chi connectivity index (χ3v) is 3.96. The first-order valence-corrected chi connectivity index (χ1v) is 7.09. The van der Waals surface area contributed by atoms with Crippen molar-refractivity contribution >= 4 is 11.7 Å². The molecule has 1 aliphatic rings. The van der Waals surface area contributed by atoms with E-state index in [-0.39, 0.29) is 5.97 Å². The van der Waals surface area contributed by atoms with Crippen LogP contribution in [-0.4, -0.2) is 22.9 Å². The van der Waals surface area contributed by atoms with Crippen LogP contribution in [0.15, 0.2) is 24.5 Å². The fraction of sp³-hybridized carbons (Fsp3) is 0.375.